The number of nitrogens with one attached hydrogen (secondary N) is 1. The normalized spacial score (nSPS) is 12.3. The Labute approximate surface area is 110 Å². The topological polar surface area (TPSA) is 89.8 Å². The van der Waals surface area contributed by atoms with Crippen LogP contribution in [0.25, 0.3) is 0 Å². The molecule has 0 radical (unpaired) electrons. The minimum absolute atomic E-state index is 0.103. The standard InChI is InChI=1S/C12H17N5S/c1-3-8-6-15-12(18-8)7(2)16-10-5-4-9(13)11(14)17-10/h4-7H,3,13H2,1-2H3,(H3,14,16,17). The number of hydrogen-bond acceptors (Lipinski definition) is 6. The first-order chi connectivity index (χ1) is 8.60. The molecule has 2 aromatic heterocycles. The largest absolute Gasteiger partial charge is 0.396 e. The quantitative estimate of drug-likeness (QED) is 0.788. The van der Waals surface area contributed by atoms with E-state index < -0.39 is 0 Å². The van der Waals surface area contributed by atoms with E-state index in [4.69, 9.17) is 11.5 Å². The molecule has 5 nitrogen and oxygen atoms in total. The first-order valence-electron chi connectivity index (χ1n) is 5.83. The summed E-state index contributed by atoms with van der Waals surface area (Å²) in [6, 6.07) is 3.67. The van der Waals surface area contributed by atoms with Crippen molar-refractivity contribution >= 4 is 28.7 Å². The van der Waals surface area contributed by atoms with Crippen molar-refractivity contribution < 1.29 is 0 Å². The maximum atomic E-state index is 5.67. The van der Waals surface area contributed by atoms with Crippen molar-refractivity contribution in [2.45, 2.75) is 26.3 Å². The number of anilines is 3. The molecular weight excluding hydrogens is 246 g/mol. The first-order valence-corrected chi connectivity index (χ1v) is 6.65. The zero-order valence-corrected chi connectivity index (χ0v) is 11.3. The molecule has 0 fully saturated rings. The summed E-state index contributed by atoms with van der Waals surface area (Å²) in [6.45, 7) is 4.17. The van der Waals surface area contributed by atoms with Crippen LogP contribution in [0.1, 0.15) is 29.8 Å². The molecule has 0 aliphatic heterocycles. The van der Waals surface area contributed by atoms with E-state index in [1.54, 1.807) is 17.4 Å². The molecule has 0 saturated heterocycles. The van der Waals surface area contributed by atoms with Gasteiger partial charge in [0.15, 0.2) is 0 Å². The Morgan fingerprint density at radius 2 is 2.17 bits per heavy atom. The molecule has 96 valence electrons. The smallest absolute Gasteiger partial charge is 0.149 e. The van der Waals surface area contributed by atoms with E-state index in [9.17, 15) is 0 Å². The van der Waals surface area contributed by atoms with Crippen LogP contribution >= 0.6 is 11.3 Å². The van der Waals surface area contributed by atoms with Crippen molar-refractivity contribution in [2.75, 3.05) is 16.8 Å². The number of aryl methyl sites for hydroxylation is 1. The average molecular weight is 263 g/mol. The van der Waals surface area contributed by atoms with E-state index in [-0.39, 0.29) is 6.04 Å². The fraction of sp³-hybridized carbons (Fsp3) is 0.333. The number of nitrogens with two attached hydrogens (primary N) is 2. The molecule has 0 aliphatic rings. The highest BCUT2D eigenvalue weighted by Gasteiger charge is 2.11. The van der Waals surface area contributed by atoms with Gasteiger partial charge in [0.25, 0.3) is 0 Å². The van der Waals surface area contributed by atoms with Crippen molar-refractivity contribution in [1.29, 1.82) is 0 Å². The molecule has 0 bridgehead atoms. The number of nitrogen functional groups attached to an aromatic ring is 2. The van der Waals surface area contributed by atoms with Crippen molar-refractivity contribution in [3.8, 4) is 0 Å². The van der Waals surface area contributed by atoms with Gasteiger partial charge in [-0.05, 0) is 25.5 Å². The number of aromatic nitrogens is 2. The predicted molar refractivity (Wildman–Crippen MR) is 76.6 cm³/mol. The molecule has 18 heavy (non-hydrogen) atoms. The monoisotopic (exact) mass is 263 g/mol. The molecular formula is C12H17N5S. The summed E-state index contributed by atoms with van der Waals surface area (Å²) in [4.78, 5) is 9.86. The van der Waals surface area contributed by atoms with Gasteiger partial charge >= 0.3 is 0 Å². The van der Waals surface area contributed by atoms with E-state index >= 15 is 0 Å². The van der Waals surface area contributed by atoms with Crippen molar-refractivity contribution in [1.82, 2.24) is 9.97 Å². The van der Waals surface area contributed by atoms with E-state index in [1.807, 2.05) is 19.2 Å². The van der Waals surface area contributed by atoms with Crippen LogP contribution in [0.2, 0.25) is 0 Å². The van der Waals surface area contributed by atoms with Crippen LogP contribution in [0.4, 0.5) is 17.3 Å². The molecule has 2 heterocycles. The van der Waals surface area contributed by atoms with Gasteiger partial charge in [-0.3, -0.25) is 0 Å². The SMILES string of the molecule is CCc1cnc(C(C)Nc2ccc(N)c(N)n2)s1. The van der Waals surface area contributed by atoms with E-state index in [0.717, 1.165) is 11.4 Å². The van der Waals surface area contributed by atoms with Gasteiger partial charge in [-0.25, -0.2) is 9.97 Å². The van der Waals surface area contributed by atoms with Gasteiger partial charge in [0.05, 0.1) is 11.7 Å². The third-order valence-electron chi connectivity index (χ3n) is 2.61. The molecule has 2 aromatic rings. The predicted octanol–water partition coefficient (Wildman–Crippen LogP) is 2.44. The number of nitrogens with zero attached hydrogens (tertiary/aromatic N) is 2. The van der Waals surface area contributed by atoms with Crippen molar-refractivity contribution in [3.63, 3.8) is 0 Å². The Bertz CT molecular complexity index is 537. The van der Waals surface area contributed by atoms with E-state index in [1.165, 1.54) is 4.88 Å². The zero-order valence-electron chi connectivity index (χ0n) is 10.5. The Morgan fingerprint density at radius 3 is 2.78 bits per heavy atom. The minimum atomic E-state index is 0.103. The number of pyridine rings is 1. The van der Waals surface area contributed by atoms with Gasteiger partial charge in [0, 0.05) is 11.1 Å². The fourth-order valence-electron chi connectivity index (χ4n) is 1.54. The maximum absolute atomic E-state index is 5.67. The Hall–Kier alpha value is -1.82. The maximum Gasteiger partial charge on any atom is 0.149 e. The highest BCUT2D eigenvalue weighted by molar-refractivity contribution is 7.11. The lowest BCUT2D eigenvalue weighted by Crippen LogP contribution is -2.09. The third kappa shape index (κ3) is 2.70. The molecule has 0 spiro atoms. The summed E-state index contributed by atoms with van der Waals surface area (Å²) < 4.78 is 0. The summed E-state index contributed by atoms with van der Waals surface area (Å²) >= 11 is 1.71. The Morgan fingerprint density at radius 1 is 1.39 bits per heavy atom. The lowest BCUT2D eigenvalue weighted by molar-refractivity contribution is 0.861. The van der Waals surface area contributed by atoms with Crippen molar-refractivity contribution in [2.24, 2.45) is 0 Å². The second kappa shape index (κ2) is 5.22. The summed E-state index contributed by atoms with van der Waals surface area (Å²) in [5.74, 6) is 1.06. The average Bonchev–Trinajstić information content (AvgIpc) is 2.82. The summed E-state index contributed by atoms with van der Waals surface area (Å²) in [5.41, 5.74) is 11.8. The molecule has 2 rings (SSSR count). The van der Waals surface area contributed by atoms with Crippen LogP contribution in [0, 0.1) is 0 Å². The van der Waals surface area contributed by atoms with Crippen LogP contribution in [0.3, 0.4) is 0 Å². The number of hydrogen-bond donors (Lipinski definition) is 3. The second-order valence-corrected chi connectivity index (χ2v) is 5.20. The fourth-order valence-corrected chi connectivity index (χ4v) is 2.40. The van der Waals surface area contributed by atoms with Crippen LogP contribution in [-0.4, -0.2) is 9.97 Å². The Kier molecular flexibility index (Phi) is 3.66. The van der Waals surface area contributed by atoms with Gasteiger partial charge in [-0.1, -0.05) is 6.92 Å². The van der Waals surface area contributed by atoms with Gasteiger partial charge < -0.3 is 16.8 Å². The first kappa shape index (κ1) is 12.6. The highest BCUT2D eigenvalue weighted by atomic mass is 32.1. The van der Waals surface area contributed by atoms with Crippen molar-refractivity contribution in [3.05, 3.63) is 28.2 Å². The summed E-state index contributed by atoms with van der Waals surface area (Å²) in [5, 5.41) is 4.31. The van der Waals surface area contributed by atoms with Gasteiger partial charge in [0.2, 0.25) is 0 Å². The molecule has 1 atom stereocenters. The van der Waals surface area contributed by atoms with Crippen LogP contribution in [-0.2, 0) is 6.42 Å². The summed E-state index contributed by atoms with van der Waals surface area (Å²) in [6.07, 6.45) is 2.93. The van der Waals surface area contributed by atoms with Gasteiger partial charge in [-0.2, -0.15) is 0 Å². The summed E-state index contributed by atoms with van der Waals surface area (Å²) in [7, 11) is 0. The Balaban J connectivity index is 2.10. The lowest BCUT2D eigenvalue weighted by atomic mass is 10.3. The van der Waals surface area contributed by atoms with Crippen LogP contribution < -0.4 is 16.8 Å². The lowest BCUT2D eigenvalue weighted by Gasteiger charge is -2.12. The molecule has 6 heteroatoms. The zero-order chi connectivity index (χ0) is 13.1. The number of rotatable bonds is 4. The molecule has 1 unspecified atom stereocenters. The third-order valence-corrected chi connectivity index (χ3v) is 3.94. The van der Waals surface area contributed by atoms with Crippen LogP contribution in [0.15, 0.2) is 18.3 Å². The van der Waals surface area contributed by atoms with Gasteiger partial charge in [-0.15, -0.1) is 11.3 Å². The van der Waals surface area contributed by atoms with E-state index in [2.05, 4.69) is 22.2 Å². The van der Waals surface area contributed by atoms with E-state index in [0.29, 0.717) is 17.3 Å². The van der Waals surface area contributed by atoms with Gasteiger partial charge in [0.1, 0.15) is 16.6 Å². The minimum Gasteiger partial charge on any atom is -0.396 e. The molecule has 0 aliphatic carbocycles. The number of thiazole rings is 1. The highest BCUT2D eigenvalue weighted by Crippen LogP contribution is 2.24. The molecule has 0 amide bonds. The molecule has 0 aromatic carbocycles. The van der Waals surface area contributed by atoms with Crippen LogP contribution in [0.5, 0.6) is 0 Å². The second-order valence-electron chi connectivity index (χ2n) is 4.06. The molecule has 5 N–H and O–H groups in total. The molecule has 0 saturated carbocycles.